The van der Waals surface area contributed by atoms with Crippen molar-refractivity contribution in [3.63, 3.8) is 0 Å². The van der Waals surface area contributed by atoms with E-state index in [1.165, 1.54) is 0 Å². The molecule has 2 heterocycles. The second kappa shape index (κ2) is 5.26. The van der Waals surface area contributed by atoms with Gasteiger partial charge in [-0.25, -0.2) is 9.97 Å². The minimum atomic E-state index is 0.550. The fraction of sp³-hybridized carbons (Fsp3) is 0.444. The van der Waals surface area contributed by atoms with Crippen LogP contribution in [0.15, 0.2) is 23.6 Å². The molecule has 0 unspecified atom stereocenters. The van der Waals surface area contributed by atoms with E-state index in [0.29, 0.717) is 5.95 Å². The molecule has 1 aliphatic rings. The van der Waals surface area contributed by atoms with Gasteiger partial charge in [0.05, 0.1) is 0 Å². The molecule has 0 radical (unpaired) electrons. The van der Waals surface area contributed by atoms with Crippen molar-refractivity contribution in [2.75, 3.05) is 12.2 Å². The Morgan fingerprint density at radius 2 is 1.80 bits per heavy atom. The lowest BCUT2D eigenvalue weighted by Crippen LogP contribution is -2.40. The van der Waals surface area contributed by atoms with Crippen LogP contribution in [0.5, 0.6) is 0 Å². The van der Waals surface area contributed by atoms with Crippen LogP contribution in [0.3, 0.4) is 0 Å². The van der Waals surface area contributed by atoms with Crippen LogP contribution in [-0.4, -0.2) is 28.0 Å². The first kappa shape index (κ1) is 11.4. The third-order valence-electron chi connectivity index (χ3n) is 1.58. The van der Waals surface area contributed by atoms with Gasteiger partial charge in [0.25, 0.3) is 5.95 Å². The zero-order chi connectivity index (χ0) is 11.3. The molecule has 0 bridgehead atoms. The number of hydrazone groups is 1. The van der Waals surface area contributed by atoms with Crippen LogP contribution in [0.25, 0.3) is 0 Å². The van der Waals surface area contributed by atoms with Gasteiger partial charge in [-0.1, -0.05) is 13.8 Å². The molecule has 1 aromatic rings. The summed E-state index contributed by atoms with van der Waals surface area (Å²) in [5.74, 6) is 1.37. The van der Waals surface area contributed by atoms with Gasteiger partial charge in [-0.3, -0.25) is 5.43 Å². The van der Waals surface area contributed by atoms with Gasteiger partial charge in [-0.05, 0) is 13.0 Å². The molecule has 0 atom stereocenters. The van der Waals surface area contributed by atoms with Crippen molar-refractivity contribution < 1.29 is 0 Å². The highest BCUT2D eigenvalue weighted by atomic mass is 15.9. The van der Waals surface area contributed by atoms with Crippen molar-refractivity contribution in [1.29, 1.82) is 0 Å². The molecule has 0 spiro atoms. The van der Waals surface area contributed by atoms with Gasteiger partial charge in [0.15, 0.2) is 0 Å². The van der Waals surface area contributed by atoms with Gasteiger partial charge in [0, 0.05) is 19.4 Å². The van der Waals surface area contributed by atoms with E-state index in [9.17, 15) is 0 Å². The van der Waals surface area contributed by atoms with Crippen molar-refractivity contribution in [2.24, 2.45) is 5.10 Å². The second-order valence-electron chi connectivity index (χ2n) is 2.66. The summed E-state index contributed by atoms with van der Waals surface area (Å²) in [4.78, 5) is 8.14. The van der Waals surface area contributed by atoms with E-state index >= 15 is 0 Å². The number of nitrogens with one attached hydrogen (secondary N) is 1. The number of hydrogen-bond donors (Lipinski definition) is 1. The lowest BCUT2D eigenvalue weighted by Gasteiger charge is -2.19. The third-order valence-corrected chi connectivity index (χ3v) is 1.58. The number of nitrogens with zero attached hydrogens (tertiary/aromatic N) is 5. The number of rotatable bonds is 1. The summed E-state index contributed by atoms with van der Waals surface area (Å²) in [7, 11) is 1.84. The molecule has 82 valence electrons. The molecule has 6 nitrogen and oxygen atoms in total. The molecule has 15 heavy (non-hydrogen) atoms. The molecule has 0 saturated heterocycles. The Hall–Kier alpha value is -1.69. The maximum absolute atomic E-state index is 4.18. The quantitative estimate of drug-likeness (QED) is 0.746. The Kier molecular flexibility index (Phi) is 3.99. The molecular weight excluding hydrogens is 192 g/mol. The largest absolute Gasteiger partial charge is 0.286 e. The van der Waals surface area contributed by atoms with Gasteiger partial charge in [0.1, 0.15) is 5.84 Å². The van der Waals surface area contributed by atoms with E-state index in [0.717, 1.165) is 5.84 Å². The molecule has 1 aliphatic heterocycles. The van der Waals surface area contributed by atoms with Crippen LogP contribution in [0.2, 0.25) is 0 Å². The minimum Gasteiger partial charge on any atom is -0.286 e. The normalized spacial score (nSPS) is 15.2. The zero-order valence-electron chi connectivity index (χ0n) is 9.47. The first-order chi connectivity index (χ1) is 7.27. The Balaban J connectivity index is 0.000000531. The van der Waals surface area contributed by atoms with Crippen molar-refractivity contribution in [3.05, 3.63) is 18.5 Å². The average Bonchev–Trinajstić information content (AvgIpc) is 2.62. The summed E-state index contributed by atoms with van der Waals surface area (Å²) >= 11 is 0. The third kappa shape index (κ3) is 2.63. The number of hydrogen-bond acceptors (Lipinski definition) is 6. The van der Waals surface area contributed by atoms with E-state index in [2.05, 4.69) is 20.5 Å². The Bertz CT molecular complexity index is 323. The van der Waals surface area contributed by atoms with Gasteiger partial charge in [-0.15, -0.1) is 15.3 Å². The predicted octanol–water partition coefficient (Wildman–Crippen LogP) is 1.01. The maximum atomic E-state index is 4.18. The van der Waals surface area contributed by atoms with E-state index < -0.39 is 0 Å². The summed E-state index contributed by atoms with van der Waals surface area (Å²) in [6.45, 7) is 5.87. The lowest BCUT2D eigenvalue weighted by molar-refractivity contribution is 0.290. The highest BCUT2D eigenvalue weighted by Crippen LogP contribution is 2.10. The SMILES string of the molecule is CC.CC1=NN(c2ncccn2)N(C)N1. The average molecular weight is 208 g/mol. The van der Waals surface area contributed by atoms with Gasteiger partial charge >= 0.3 is 0 Å². The van der Waals surface area contributed by atoms with Crippen molar-refractivity contribution >= 4 is 11.8 Å². The van der Waals surface area contributed by atoms with Crippen molar-refractivity contribution in [2.45, 2.75) is 20.8 Å². The number of anilines is 1. The van der Waals surface area contributed by atoms with Crippen LogP contribution in [0.1, 0.15) is 20.8 Å². The minimum absolute atomic E-state index is 0.550. The molecule has 2 rings (SSSR count). The number of hydrazine groups is 2. The van der Waals surface area contributed by atoms with E-state index in [-0.39, 0.29) is 0 Å². The maximum Gasteiger partial charge on any atom is 0.263 e. The summed E-state index contributed by atoms with van der Waals surface area (Å²) < 4.78 is 0. The fourth-order valence-corrected chi connectivity index (χ4v) is 1.09. The van der Waals surface area contributed by atoms with Crippen molar-refractivity contribution in [3.8, 4) is 0 Å². The topological polar surface area (TPSA) is 56.7 Å². The van der Waals surface area contributed by atoms with E-state index in [1.54, 1.807) is 28.7 Å². The first-order valence-corrected chi connectivity index (χ1v) is 4.90. The lowest BCUT2D eigenvalue weighted by atomic mass is 10.7. The Morgan fingerprint density at radius 3 is 2.27 bits per heavy atom. The molecule has 0 amide bonds. The Morgan fingerprint density at radius 1 is 1.20 bits per heavy atom. The molecule has 0 fully saturated rings. The monoisotopic (exact) mass is 208 g/mol. The highest BCUT2D eigenvalue weighted by molar-refractivity contribution is 5.81. The smallest absolute Gasteiger partial charge is 0.263 e. The van der Waals surface area contributed by atoms with Gasteiger partial charge in [-0.2, -0.15) is 0 Å². The van der Waals surface area contributed by atoms with Crippen molar-refractivity contribution in [1.82, 2.24) is 20.5 Å². The first-order valence-electron chi connectivity index (χ1n) is 4.90. The van der Waals surface area contributed by atoms with Crippen LogP contribution in [-0.2, 0) is 0 Å². The van der Waals surface area contributed by atoms with Crippen LogP contribution in [0.4, 0.5) is 5.95 Å². The summed E-state index contributed by atoms with van der Waals surface area (Å²) in [6.07, 6.45) is 3.36. The summed E-state index contributed by atoms with van der Waals surface area (Å²) in [5.41, 5.74) is 2.99. The fourth-order valence-electron chi connectivity index (χ4n) is 1.09. The molecule has 1 N–H and O–H groups in total. The van der Waals surface area contributed by atoms with E-state index in [1.807, 2.05) is 27.8 Å². The molecule has 1 aromatic heterocycles. The molecule has 0 aliphatic carbocycles. The number of aromatic nitrogens is 2. The number of amidine groups is 1. The highest BCUT2D eigenvalue weighted by Gasteiger charge is 2.20. The Labute approximate surface area is 89.6 Å². The molecule has 0 saturated carbocycles. The summed E-state index contributed by atoms with van der Waals surface area (Å²) in [5, 5.41) is 7.49. The molecule has 0 aromatic carbocycles. The molecular formula is C9H16N6. The van der Waals surface area contributed by atoms with E-state index in [4.69, 9.17) is 0 Å². The molecule has 6 heteroatoms. The standard InChI is InChI=1S/C7H10N6.C2H6/c1-6-10-12(2)13(11-6)7-8-4-3-5-9-7;1-2/h3-5H,1-2H3,(H,10,11);1-2H3. The van der Waals surface area contributed by atoms with Crippen LogP contribution >= 0.6 is 0 Å². The summed E-state index contributed by atoms with van der Waals surface area (Å²) in [6, 6.07) is 1.77. The van der Waals surface area contributed by atoms with Crippen LogP contribution in [0, 0.1) is 0 Å². The zero-order valence-corrected chi connectivity index (χ0v) is 9.47. The predicted molar refractivity (Wildman–Crippen MR) is 59.9 cm³/mol. The second-order valence-corrected chi connectivity index (χ2v) is 2.66. The van der Waals surface area contributed by atoms with Gasteiger partial charge < -0.3 is 0 Å². The van der Waals surface area contributed by atoms with Gasteiger partial charge in [0.2, 0.25) is 0 Å². The van der Waals surface area contributed by atoms with Crippen LogP contribution < -0.4 is 10.5 Å².